The van der Waals surface area contributed by atoms with Gasteiger partial charge in [-0.15, -0.1) is 0 Å². The van der Waals surface area contributed by atoms with Crippen molar-refractivity contribution in [3.8, 4) is 5.75 Å². The van der Waals surface area contributed by atoms with Crippen LogP contribution in [0.5, 0.6) is 5.75 Å². The molecule has 0 unspecified atom stereocenters. The average molecular weight is 399 g/mol. The number of rotatable bonds is 4. The van der Waals surface area contributed by atoms with Crippen LogP contribution in [0.25, 0.3) is 0 Å². The summed E-state index contributed by atoms with van der Waals surface area (Å²) in [6.07, 6.45) is 7.46. The smallest absolute Gasteiger partial charge is 0.254 e. The maximum absolute atomic E-state index is 13.5. The molecular weight excluding hydrogens is 368 g/mol. The lowest BCUT2D eigenvalue weighted by Gasteiger charge is -2.43. The standard InChI is InChI=1S/C22H30N4O3/c1-16-12-18(27)6-7-19(16)22(28)26-10-11-29-20(15-25-8-4-3-5-9-25)21(26)17-13-23-24(2)14-17/h6-7,12-14,20-21,27H,3-5,8-11,15H2,1-2H3/t20-,21-/m0/s1. The van der Waals surface area contributed by atoms with Gasteiger partial charge in [-0.2, -0.15) is 5.10 Å². The van der Waals surface area contributed by atoms with E-state index < -0.39 is 0 Å². The SMILES string of the molecule is Cc1cc(O)ccc1C(=O)N1CCO[C@@H](CN2CCCCC2)[C@@H]1c1cnn(C)c1. The van der Waals surface area contributed by atoms with E-state index in [0.717, 1.165) is 30.8 Å². The highest BCUT2D eigenvalue weighted by Crippen LogP contribution is 2.32. The van der Waals surface area contributed by atoms with E-state index in [0.29, 0.717) is 18.7 Å². The molecule has 1 amide bonds. The molecule has 2 saturated heterocycles. The third-order valence-corrected chi connectivity index (χ3v) is 6.01. The van der Waals surface area contributed by atoms with Gasteiger partial charge >= 0.3 is 0 Å². The number of aromatic nitrogens is 2. The summed E-state index contributed by atoms with van der Waals surface area (Å²) >= 11 is 0. The van der Waals surface area contributed by atoms with Crippen LogP contribution in [0.1, 0.15) is 46.8 Å². The van der Waals surface area contributed by atoms with E-state index in [2.05, 4.69) is 10.00 Å². The zero-order chi connectivity index (χ0) is 20.4. The fourth-order valence-electron chi connectivity index (χ4n) is 4.54. The van der Waals surface area contributed by atoms with Crippen LogP contribution >= 0.6 is 0 Å². The quantitative estimate of drug-likeness (QED) is 0.857. The van der Waals surface area contributed by atoms with Crippen molar-refractivity contribution >= 4 is 5.91 Å². The molecule has 2 fully saturated rings. The van der Waals surface area contributed by atoms with Crippen molar-refractivity contribution in [2.24, 2.45) is 7.05 Å². The van der Waals surface area contributed by atoms with E-state index in [4.69, 9.17) is 4.74 Å². The van der Waals surface area contributed by atoms with Gasteiger partial charge in [0.1, 0.15) is 5.75 Å². The number of ether oxygens (including phenoxy) is 1. The van der Waals surface area contributed by atoms with Gasteiger partial charge in [-0.25, -0.2) is 0 Å². The van der Waals surface area contributed by atoms with Gasteiger partial charge in [0.2, 0.25) is 0 Å². The van der Waals surface area contributed by atoms with Gasteiger partial charge in [0, 0.05) is 37.5 Å². The second-order valence-corrected chi connectivity index (χ2v) is 8.16. The summed E-state index contributed by atoms with van der Waals surface area (Å²) in [4.78, 5) is 17.9. The molecule has 3 heterocycles. The summed E-state index contributed by atoms with van der Waals surface area (Å²) in [5.41, 5.74) is 2.40. The average Bonchev–Trinajstić information content (AvgIpc) is 3.14. The number of nitrogens with zero attached hydrogens (tertiary/aromatic N) is 4. The number of carbonyl (C=O) groups is 1. The Morgan fingerprint density at radius 1 is 1.24 bits per heavy atom. The fraction of sp³-hybridized carbons (Fsp3) is 0.545. The van der Waals surface area contributed by atoms with Crippen LogP contribution in [-0.4, -0.2) is 69.5 Å². The minimum atomic E-state index is -0.180. The molecule has 7 nitrogen and oxygen atoms in total. The first-order valence-electron chi connectivity index (χ1n) is 10.5. The first kappa shape index (κ1) is 19.9. The first-order chi connectivity index (χ1) is 14.0. The Labute approximate surface area is 171 Å². The van der Waals surface area contributed by atoms with Crippen LogP contribution in [0.3, 0.4) is 0 Å². The molecule has 2 atom stereocenters. The number of likely N-dealkylation sites (tertiary alicyclic amines) is 1. The van der Waals surface area contributed by atoms with Crippen molar-refractivity contribution in [2.45, 2.75) is 38.3 Å². The predicted octanol–water partition coefficient (Wildman–Crippen LogP) is 2.50. The normalized spacial score (nSPS) is 23.3. The number of hydrogen-bond acceptors (Lipinski definition) is 5. The molecule has 2 aliphatic rings. The number of piperidine rings is 1. The molecule has 2 aliphatic heterocycles. The molecule has 29 heavy (non-hydrogen) atoms. The van der Waals surface area contributed by atoms with E-state index in [-0.39, 0.29) is 23.8 Å². The predicted molar refractivity (Wildman–Crippen MR) is 110 cm³/mol. The van der Waals surface area contributed by atoms with E-state index in [1.807, 2.05) is 31.3 Å². The number of carbonyl (C=O) groups excluding carboxylic acids is 1. The van der Waals surface area contributed by atoms with Gasteiger partial charge in [-0.3, -0.25) is 9.48 Å². The Morgan fingerprint density at radius 2 is 2.03 bits per heavy atom. The number of hydrogen-bond donors (Lipinski definition) is 1. The molecular formula is C22H30N4O3. The zero-order valence-corrected chi connectivity index (χ0v) is 17.3. The summed E-state index contributed by atoms with van der Waals surface area (Å²) in [7, 11) is 1.89. The summed E-state index contributed by atoms with van der Waals surface area (Å²) in [5.74, 6) is 0.149. The van der Waals surface area contributed by atoms with E-state index in [1.54, 1.807) is 22.9 Å². The second kappa shape index (κ2) is 8.55. The van der Waals surface area contributed by atoms with Gasteiger partial charge in [0.15, 0.2) is 0 Å². The Kier molecular flexibility index (Phi) is 5.87. The topological polar surface area (TPSA) is 70.8 Å². The van der Waals surface area contributed by atoms with Crippen molar-refractivity contribution in [2.75, 3.05) is 32.8 Å². The van der Waals surface area contributed by atoms with Crippen molar-refractivity contribution in [3.63, 3.8) is 0 Å². The van der Waals surface area contributed by atoms with Gasteiger partial charge in [0.25, 0.3) is 5.91 Å². The van der Waals surface area contributed by atoms with Crippen LogP contribution in [0.15, 0.2) is 30.6 Å². The Balaban J connectivity index is 1.64. The highest BCUT2D eigenvalue weighted by Gasteiger charge is 2.38. The van der Waals surface area contributed by atoms with Gasteiger partial charge in [0.05, 0.1) is 24.9 Å². The van der Waals surface area contributed by atoms with E-state index in [1.165, 1.54) is 19.3 Å². The summed E-state index contributed by atoms with van der Waals surface area (Å²) < 4.78 is 7.98. The number of phenols is 1. The number of aromatic hydroxyl groups is 1. The minimum absolute atomic E-state index is 0.0247. The van der Waals surface area contributed by atoms with E-state index >= 15 is 0 Å². The molecule has 1 aromatic carbocycles. The Bertz CT molecular complexity index is 859. The number of aryl methyl sites for hydroxylation is 2. The van der Waals surface area contributed by atoms with Crippen molar-refractivity contribution in [3.05, 3.63) is 47.3 Å². The molecule has 2 aromatic rings. The number of morpholine rings is 1. The number of phenolic OH excluding ortho intramolecular Hbond substituents is 1. The summed E-state index contributed by atoms with van der Waals surface area (Å²) in [6.45, 7) is 5.91. The molecule has 0 aliphatic carbocycles. The van der Waals surface area contributed by atoms with Gasteiger partial charge in [-0.05, 0) is 56.6 Å². The number of amides is 1. The third kappa shape index (κ3) is 4.31. The van der Waals surface area contributed by atoms with E-state index in [9.17, 15) is 9.90 Å². The molecule has 1 aromatic heterocycles. The maximum atomic E-state index is 13.5. The third-order valence-electron chi connectivity index (χ3n) is 6.01. The fourth-order valence-corrected chi connectivity index (χ4v) is 4.54. The van der Waals surface area contributed by atoms with Crippen molar-refractivity contribution in [1.29, 1.82) is 0 Å². The van der Waals surface area contributed by atoms with Crippen LogP contribution in [0, 0.1) is 6.92 Å². The molecule has 1 N–H and O–H groups in total. The lowest BCUT2D eigenvalue weighted by Crippen LogP contribution is -2.52. The first-order valence-corrected chi connectivity index (χ1v) is 10.5. The zero-order valence-electron chi connectivity index (χ0n) is 17.3. The molecule has 7 heteroatoms. The molecule has 156 valence electrons. The molecule has 0 spiro atoms. The lowest BCUT2D eigenvalue weighted by atomic mass is 9.97. The summed E-state index contributed by atoms with van der Waals surface area (Å²) in [5, 5.41) is 14.1. The molecule has 4 rings (SSSR count). The van der Waals surface area contributed by atoms with Crippen LogP contribution in [-0.2, 0) is 11.8 Å². The highest BCUT2D eigenvalue weighted by molar-refractivity contribution is 5.96. The van der Waals surface area contributed by atoms with Crippen LogP contribution < -0.4 is 0 Å². The Hall–Kier alpha value is -2.38. The highest BCUT2D eigenvalue weighted by atomic mass is 16.5. The molecule has 0 radical (unpaired) electrons. The minimum Gasteiger partial charge on any atom is -0.508 e. The number of benzene rings is 1. The van der Waals surface area contributed by atoms with Crippen LogP contribution in [0.2, 0.25) is 0 Å². The molecule has 0 bridgehead atoms. The maximum Gasteiger partial charge on any atom is 0.254 e. The second-order valence-electron chi connectivity index (χ2n) is 8.16. The van der Waals surface area contributed by atoms with Gasteiger partial charge < -0.3 is 19.6 Å². The molecule has 0 saturated carbocycles. The lowest BCUT2D eigenvalue weighted by molar-refractivity contribution is -0.0741. The van der Waals surface area contributed by atoms with Crippen LogP contribution in [0.4, 0.5) is 0 Å². The largest absolute Gasteiger partial charge is 0.508 e. The summed E-state index contributed by atoms with van der Waals surface area (Å²) in [6, 6.07) is 4.74. The van der Waals surface area contributed by atoms with Crippen molar-refractivity contribution in [1.82, 2.24) is 19.6 Å². The Morgan fingerprint density at radius 3 is 2.72 bits per heavy atom. The van der Waals surface area contributed by atoms with Crippen molar-refractivity contribution < 1.29 is 14.6 Å². The van der Waals surface area contributed by atoms with Gasteiger partial charge in [-0.1, -0.05) is 6.42 Å². The monoisotopic (exact) mass is 398 g/mol.